The monoisotopic (exact) mass is 428 g/mol. The van der Waals surface area contributed by atoms with Crippen molar-refractivity contribution in [3.05, 3.63) is 23.0 Å². The number of ether oxygens (including phenoxy) is 2. The maximum Gasteiger partial charge on any atom is 0.343 e. The van der Waals surface area contributed by atoms with Crippen LogP contribution in [0.25, 0.3) is 0 Å². The summed E-state index contributed by atoms with van der Waals surface area (Å²) in [6.45, 7) is 4.93. The lowest BCUT2D eigenvalue weighted by Gasteiger charge is -2.12. The first-order chi connectivity index (χ1) is 13.1. The van der Waals surface area contributed by atoms with Gasteiger partial charge in [0.15, 0.2) is 10.1 Å². The molecule has 0 atom stereocenters. The summed E-state index contributed by atoms with van der Waals surface area (Å²) in [6.07, 6.45) is 0. The number of anilines is 1. The average molecular weight is 428 g/mol. The van der Waals surface area contributed by atoms with Gasteiger partial charge in [0.05, 0.1) is 19.4 Å². The van der Waals surface area contributed by atoms with Crippen LogP contribution in [-0.4, -0.2) is 53.0 Å². The molecule has 0 radical (unpaired) electrons. The van der Waals surface area contributed by atoms with Gasteiger partial charge in [0.2, 0.25) is 11.8 Å². The fraction of sp³-hybridized carbons (Fsp3) is 0.400. The molecular formula is C15H20N6O5S2. The Kier molecular flexibility index (Phi) is 6.51. The second-order valence-corrected chi connectivity index (χ2v) is 7.55. The van der Waals surface area contributed by atoms with Crippen LogP contribution in [0.3, 0.4) is 0 Å². The van der Waals surface area contributed by atoms with Crippen LogP contribution in [0, 0.1) is 13.8 Å². The van der Waals surface area contributed by atoms with E-state index in [0.717, 1.165) is 4.68 Å². The fourth-order valence-corrected chi connectivity index (χ4v) is 4.08. The second kappa shape index (κ2) is 8.48. The van der Waals surface area contributed by atoms with Gasteiger partial charge in [-0.25, -0.2) is 9.78 Å². The van der Waals surface area contributed by atoms with Crippen molar-refractivity contribution in [3.8, 4) is 5.88 Å². The summed E-state index contributed by atoms with van der Waals surface area (Å²) < 4.78 is 38.8. The van der Waals surface area contributed by atoms with E-state index in [1.807, 2.05) is 0 Å². The number of thiocarbonyl (C=S) groups is 1. The van der Waals surface area contributed by atoms with Gasteiger partial charge in [-0.1, -0.05) is 0 Å². The van der Waals surface area contributed by atoms with E-state index in [2.05, 4.69) is 25.1 Å². The SMILES string of the molecule is CCOC(=O)c1c(C)nn(C)c1S(=O)(=O)NC(=S)Nc1nc(C)cc(OC)n1. The van der Waals surface area contributed by atoms with Crippen LogP contribution in [-0.2, 0) is 21.8 Å². The average Bonchev–Trinajstić information content (AvgIpc) is 2.88. The van der Waals surface area contributed by atoms with Crippen molar-refractivity contribution < 1.29 is 22.7 Å². The molecule has 0 bridgehead atoms. The van der Waals surface area contributed by atoms with Crippen LogP contribution in [0.5, 0.6) is 5.88 Å². The smallest absolute Gasteiger partial charge is 0.343 e. The Hall–Kier alpha value is -2.80. The summed E-state index contributed by atoms with van der Waals surface area (Å²) in [5.41, 5.74) is 0.645. The minimum absolute atomic E-state index is 0.0522. The molecule has 0 saturated heterocycles. The quantitative estimate of drug-likeness (QED) is 0.499. The van der Waals surface area contributed by atoms with Gasteiger partial charge >= 0.3 is 5.97 Å². The van der Waals surface area contributed by atoms with Crippen molar-refractivity contribution >= 4 is 39.3 Å². The largest absolute Gasteiger partial charge is 0.481 e. The maximum absolute atomic E-state index is 12.8. The van der Waals surface area contributed by atoms with E-state index < -0.39 is 16.0 Å². The number of methoxy groups -OCH3 is 1. The van der Waals surface area contributed by atoms with Crippen LogP contribution in [0.2, 0.25) is 0 Å². The predicted molar refractivity (Wildman–Crippen MR) is 104 cm³/mol. The normalized spacial score (nSPS) is 11.0. The molecule has 11 nitrogen and oxygen atoms in total. The van der Waals surface area contributed by atoms with Crippen molar-refractivity contribution in [2.45, 2.75) is 25.8 Å². The van der Waals surface area contributed by atoms with Gasteiger partial charge in [-0.2, -0.15) is 18.5 Å². The van der Waals surface area contributed by atoms with Crippen molar-refractivity contribution in [1.82, 2.24) is 24.5 Å². The number of aryl methyl sites for hydroxylation is 3. The summed E-state index contributed by atoms with van der Waals surface area (Å²) in [5.74, 6) is -0.456. The third-order valence-corrected chi connectivity index (χ3v) is 5.18. The van der Waals surface area contributed by atoms with Gasteiger partial charge in [-0.05, 0) is 33.0 Å². The Morgan fingerprint density at radius 2 is 2.00 bits per heavy atom. The van der Waals surface area contributed by atoms with Crippen LogP contribution in [0.4, 0.5) is 5.95 Å². The lowest BCUT2D eigenvalue weighted by atomic mass is 10.3. The van der Waals surface area contributed by atoms with Gasteiger partial charge in [0.1, 0.15) is 5.56 Å². The molecule has 0 aliphatic heterocycles. The highest BCUT2D eigenvalue weighted by Crippen LogP contribution is 2.20. The number of esters is 1. The van der Waals surface area contributed by atoms with Gasteiger partial charge < -0.3 is 14.8 Å². The van der Waals surface area contributed by atoms with E-state index >= 15 is 0 Å². The lowest BCUT2D eigenvalue weighted by molar-refractivity contribution is 0.0520. The first-order valence-corrected chi connectivity index (χ1v) is 9.92. The minimum atomic E-state index is -4.25. The Bertz CT molecular complexity index is 1020. The number of rotatable bonds is 6. The molecule has 28 heavy (non-hydrogen) atoms. The summed E-state index contributed by atoms with van der Waals surface area (Å²) in [4.78, 5) is 20.3. The molecule has 2 rings (SSSR count). The molecule has 0 amide bonds. The molecule has 2 aromatic rings. The van der Waals surface area contributed by atoms with Crippen LogP contribution in [0.1, 0.15) is 28.7 Å². The van der Waals surface area contributed by atoms with E-state index in [4.69, 9.17) is 21.7 Å². The Balaban J connectivity index is 2.30. The van der Waals surface area contributed by atoms with Gasteiger partial charge in [-0.3, -0.25) is 9.40 Å². The molecule has 2 aromatic heterocycles. The van der Waals surface area contributed by atoms with Crippen LogP contribution in [0.15, 0.2) is 11.1 Å². The number of hydrogen-bond donors (Lipinski definition) is 2. The molecule has 2 heterocycles. The summed E-state index contributed by atoms with van der Waals surface area (Å²) in [6, 6.07) is 1.60. The van der Waals surface area contributed by atoms with Crippen LogP contribution < -0.4 is 14.8 Å². The fourth-order valence-electron chi connectivity index (χ4n) is 2.38. The lowest BCUT2D eigenvalue weighted by Crippen LogP contribution is -2.36. The van der Waals surface area contributed by atoms with Gasteiger partial charge in [0, 0.05) is 18.8 Å². The van der Waals surface area contributed by atoms with Crippen molar-refractivity contribution in [1.29, 1.82) is 0 Å². The minimum Gasteiger partial charge on any atom is -0.481 e. The van der Waals surface area contributed by atoms with E-state index in [0.29, 0.717) is 5.69 Å². The molecule has 0 fully saturated rings. The number of carbonyl (C=O) groups is 1. The van der Waals surface area contributed by atoms with E-state index in [1.165, 1.54) is 21.1 Å². The molecule has 0 aliphatic rings. The van der Waals surface area contributed by atoms with Crippen molar-refractivity contribution in [3.63, 3.8) is 0 Å². The highest BCUT2D eigenvalue weighted by atomic mass is 32.2. The topological polar surface area (TPSA) is 137 Å². The number of sulfonamides is 1. The third kappa shape index (κ3) is 4.72. The molecule has 152 valence electrons. The zero-order chi connectivity index (χ0) is 21.1. The molecule has 0 aliphatic carbocycles. The molecule has 0 saturated carbocycles. The molecule has 0 aromatic carbocycles. The van der Waals surface area contributed by atoms with Crippen LogP contribution >= 0.6 is 12.2 Å². The second-order valence-electron chi connectivity index (χ2n) is 5.54. The zero-order valence-electron chi connectivity index (χ0n) is 15.9. The zero-order valence-corrected chi connectivity index (χ0v) is 17.6. The molecular weight excluding hydrogens is 408 g/mol. The highest BCUT2D eigenvalue weighted by Gasteiger charge is 2.31. The Morgan fingerprint density at radius 3 is 2.61 bits per heavy atom. The molecule has 13 heteroatoms. The van der Waals surface area contributed by atoms with Gasteiger partial charge in [0.25, 0.3) is 10.0 Å². The molecule has 2 N–H and O–H groups in total. The summed E-state index contributed by atoms with van der Waals surface area (Å²) in [7, 11) is -1.41. The maximum atomic E-state index is 12.8. The highest BCUT2D eigenvalue weighted by molar-refractivity contribution is 7.92. The Morgan fingerprint density at radius 1 is 1.32 bits per heavy atom. The number of hydrogen-bond acceptors (Lipinski definition) is 9. The number of carbonyl (C=O) groups excluding carboxylic acids is 1. The summed E-state index contributed by atoms with van der Waals surface area (Å²) >= 11 is 5.05. The summed E-state index contributed by atoms with van der Waals surface area (Å²) in [5, 5.41) is 5.92. The van der Waals surface area contributed by atoms with Gasteiger partial charge in [-0.15, -0.1) is 0 Å². The Labute approximate surface area is 167 Å². The number of nitrogens with zero attached hydrogens (tertiary/aromatic N) is 4. The number of aromatic nitrogens is 4. The predicted octanol–water partition coefficient (Wildman–Crippen LogP) is 0.688. The third-order valence-electron chi connectivity index (χ3n) is 3.40. The van der Waals surface area contributed by atoms with E-state index in [-0.39, 0.29) is 39.8 Å². The molecule has 0 spiro atoms. The first kappa shape index (κ1) is 21.5. The standard InChI is InChI=1S/C15H20N6O5S2/c1-6-26-13(22)11-9(3)19-21(4)12(11)28(23,24)20-15(27)18-14-16-8(2)7-10(17-14)25-5/h7H,6H2,1-5H3,(H2,16,17,18,20,27). The van der Waals surface area contributed by atoms with Crippen molar-refractivity contribution in [2.24, 2.45) is 7.05 Å². The molecule has 0 unspecified atom stereocenters. The van der Waals surface area contributed by atoms with E-state index in [9.17, 15) is 13.2 Å². The van der Waals surface area contributed by atoms with Crippen molar-refractivity contribution in [2.75, 3.05) is 19.0 Å². The van der Waals surface area contributed by atoms with E-state index in [1.54, 1.807) is 19.9 Å². The first-order valence-electron chi connectivity index (χ1n) is 8.03. The number of nitrogens with one attached hydrogen (secondary N) is 2.